The third-order valence-corrected chi connectivity index (χ3v) is 6.20. The van der Waals surface area contributed by atoms with Crippen molar-refractivity contribution in [1.29, 1.82) is 0 Å². The van der Waals surface area contributed by atoms with Crippen molar-refractivity contribution in [3.8, 4) is 11.5 Å². The van der Waals surface area contributed by atoms with Gasteiger partial charge in [-0.05, 0) is 36.6 Å². The average molecular weight is 467 g/mol. The number of thioether (sulfide) groups is 1. The molecule has 2 aromatic rings. The smallest absolute Gasteiger partial charge is 0.259 e. The summed E-state index contributed by atoms with van der Waals surface area (Å²) in [7, 11) is 3.09. The maximum atomic E-state index is 13.2. The molecule has 172 valence electrons. The van der Waals surface area contributed by atoms with E-state index >= 15 is 0 Å². The van der Waals surface area contributed by atoms with Gasteiger partial charge in [-0.25, -0.2) is 9.89 Å². The minimum absolute atomic E-state index is 0.0715. The molecule has 1 unspecified atom stereocenters. The summed E-state index contributed by atoms with van der Waals surface area (Å²) in [5.41, 5.74) is 2.11. The number of nitrogens with one attached hydrogen (secondary N) is 1. The average Bonchev–Trinajstić information content (AvgIpc) is 3.13. The first kappa shape index (κ1) is 22.8. The standard InChI is InChI=1S/C24H26N4O4S/c1-14(2)11-19-23(30)28-22(26-19)16-7-5-6-8-17(16)27-24(28)33-13-21(29)25-18-10-9-15(31-3)12-20(18)32-4/h5-10,12,14,19H,11,13H2,1-4H3,(H,25,29). The summed E-state index contributed by atoms with van der Waals surface area (Å²) in [6.07, 6.45) is 0.663. The molecule has 0 bridgehead atoms. The third-order valence-electron chi connectivity index (χ3n) is 5.26. The van der Waals surface area contributed by atoms with Crippen LogP contribution < -0.4 is 14.8 Å². The number of nitrogens with zero attached hydrogens (tertiary/aromatic N) is 3. The Kier molecular flexibility index (Phi) is 6.69. The van der Waals surface area contributed by atoms with Crippen molar-refractivity contribution in [2.45, 2.75) is 26.3 Å². The van der Waals surface area contributed by atoms with E-state index in [1.807, 2.05) is 24.3 Å². The van der Waals surface area contributed by atoms with E-state index < -0.39 is 6.04 Å². The van der Waals surface area contributed by atoms with Gasteiger partial charge < -0.3 is 14.8 Å². The van der Waals surface area contributed by atoms with Crippen LogP contribution >= 0.6 is 11.8 Å². The normalized spacial score (nSPS) is 16.7. The Morgan fingerprint density at radius 2 is 1.97 bits per heavy atom. The van der Waals surface area contributed by atoms with Crippen molar-refractivity contribution in [3.63, 3.8) is 0 Å². The van der Waals surface area contributed by atoms with Crippen molar-refractivity contribution >= 4 is 46.0 Å². The lowest BCUT2D eigenvalue weighted by atomic mass is 10.0. The zero-order valence-electron chi connectivity index (χ0n) is 19.0. The van der Waals surface area contributed by atoms with Gasteiger partial charge >= 0.3 is 0 Å². The Bertz CT molecular complexity index is 1150. The zero-order valence-corrected chi connectivity index (χ0v) is 19.8. The number of carbonyl (C=O) groups excluding carboxylic acids is 2. The molecule has 4 rings (SSSR count). The van der Waals surface area contributed by atoms with Gasteiger partial charge in [0.25, 0.3) is 5.91 Å². The van der Waals surface area contributed by atoms with E-state index in [1.165, 1.54) is 18.9 Å². The molecule has 0 aliphatic carbocycles. The van der Waals surface area contributed by atoms with E-state index in [9.17, 15) is 9.59 Å². The lowest BCUT2D eigenvalue weighted by molar-refractivity contribution is -0.125. The maximum absolute atomic E-state index is 13.2. The van der Waals surface area contributed by atoms with Crippen LogP contribution in [-0.4, -0.2) is 53.7 Å². The highest BCUT2D eigenvalue weighted by Crippen LogP contribution is 2.35. The second-order valence-electron chi connectivity index (χ2n) is 8.09. The van der Waals surface area contributed by atoms with Crippen molar-refractivity contribution in [3.05, 3.63) is 48.0 Å². The molecule has 33 heavy (non-hydrogen) atoms. The summed E-state index contributed by atoms with van der Waals surface area (Å²) in [5, 5.41) is 3.31. The van der Waals surface area contributed by atoms with Crippen LogP contribution in [0.15, 0.2) is 52.4 Å². The van der Waals surface area contributed by atoms with E-state index in [1.54, 1.807) is 30.2 Å². The van der Waals surface area contributed by atoms with Gasteiger partial charge in [0, 0.05) is 11.6 Å². The number of benzene rings is 2. The summed E-state index contributed by atoms with van der Waals surface area (Å²) >= 11 is 1.21. The monoisotopic (exact) mass is 466 g/mol. The Morgan fingerprint density at radius 3 is 2.70 bits per heavy atom. The number of fused-ring (bicyclic) bond motifs is 3. The van der Waals surface area contributed by atoms with Gasteiger partial charge in [0.05, 0.1) is 31.3 Å². The molecule has 1 N–H and O–H groups in total. The fourth-order valence-corrected chi connectivity index (χ4v) is 4.52. The predicted octanol–water partition coefficient (Wildman–Crippen LogP) is 4.08. The van der Waals surface area contributed by atoms with Crippen LogP contribution in [0.1, 0.15) is 25.8 Å². The highest BCUT2D eigenvalue weighted by molar-refractivity contribution is 8.14. The molecule has 2 aliphatic rings. The number of amidine groups is 2. The molecule has 0 saturated heterocycles. The van der Waals surface area contributed by atoms with Crippen LogP contribution in [0.25, 0.3) is 0 Å². The molecular formula is C24H26N4O4S. The Morgan fingerprint density at radius 1 is 1.18 bits per heavy atom. The molecule has 0 radical (unpaired) electrons. The molecule has 8 nitrogen and oxygen atoms in total. The van der Waals surface area contributed by atoms with Gasteiger partial charge in [0.1, 0.15) is 23.4 Å². The summed E-state index contributed by atoms with van der Waals surface area (Å²) in [4.78, 5) is 36.8. The molecule has 0 aromatic heterocycles. The Labute approximate surface area is 197 Å². The molecule has 9 heteroatoms. The molecule has 0 fully saturated rings. The molecule has 2 aromatic carbocycles. The number of hydrogen-bond donors (Lipinski definition) is 1. The van der Waals surface area contributed by atoms with Gasteiger partial charge in [0.2, 0.25) is 5.91 Å². The van der Waals surface area contributed by atoms with Crippen molar-refractivity contribution in [1.82, 2.24) is 4.90 Å². The van der Waals surface area contributed by atoms with Crippen molar-refractivity contribution in [2.24, 2.45) is 15.9 Å². The fraction of sp³-hybridized carbons (Fsp3) is 0.333. The fourth-order valence-electron chi connectivity index (χ4n) is 3.72. The number of methoxy groups -OCH3 is 2. The molecule has 2 amide bonds. The minimum atomic E-state index is -0.436. The third kappa shape index (κ3) is 4.73. The molecule has 2 heterocycles. The quantitative estimate of drug-likeness (QED) is 0.664. The van der Waals surface area contributed by atoms with E-state index in [4.69, 9.17) is 14.5 Å². The van der Waals surface area contributed by atoms with Crippen LogP contribution in [0, 0.1) is 5.92 Å². The summed E-state index contributed by atoms with van der Waals surface area (Å²) in [5.74, 6) is 1.80. The minimum Gasteiger partial charge on any atom is -0.497 e. The second kappa shape index (κ2) is 9.66. The number of hydrogen-bond acceptors (Lipinski definition) is 7. The van der Waals surface area contributed by atoms with Crippen molar-refractivity contribution < 1.29 is 19.1 Å². The van der Waals surface area contributed by atoms with Gasteiger partial charge in [-0.2, -0.15) is 0 Å². The first-order valence-electron chi connectivity index (χ1n) is 10.7. The first-order valence-corrected chi connectivity index (χ1v) is 11.6. The molecule has 0 saturated carbocycles. The van der Waals surface area contributed by atoms with E-state index in [-0.39, 0.29) is 17.6 Å². The highest BCUT2D eigenvalue weighted by atomic mass is 32.2. The number of ether oxygens (including phenoxy) is 2. The molecule has 1 atom stereocenters. The van der Waals surface area contributed by atoms with E-state index in [0.29, 0.717) is 40.5 Å². The number of anilines is 1. The second-order valence-corrected chi connectivity index (χ2v) is 9.03. The van der Waals surface area contributed by atoms with Crippen LogP contribution in [0.3, 0.4) is 0 Å². The molecule has 0 spiro atoms. The van der Waals surface area contributed by atoms with Crippen LogP contribution in [0.5, 0.6) is 11.5 Å². The summed E-state index contributed by atoms with van der Waals surface area (Å²) in [6, 6.07) is 12.3. The number of para-hydroxylation sites is 1. The number of amides is 2. The number of rotatable bonds is 7. The Hall–Kier alpha value is -3.33. The zero-order chi connectivity index (χ0) is 23.5. The van der Waals surface area contributed by atoms with E-state index in [2.05, 4.69) is 24.2 Å². The van der Waals surface area contributed by atoms with Crippen molar-refractivity contribution in [2.75, 3.05) is 25.3 Å². The number of carbonyl (C=O) groups is 2. The van der Waals surface area contributed by atoms with Crippen LogP contribution in [-0.2, 0) is 9.59 Å². The SMILES string of the molecule is COc1ccc(NC(=O)CSC2=Nc3ccccc3C3=NC(CC(C)C)C(=O)N23)c(OC)c1. The topological polar surface area (TPSA) is 92.6 Å². The number of aliphatic imine (C=N–C) groups is 2. The first-order chi connectivity index (χ1) is 15.9. The largest absolute Gasteiger partial charge is 0.497 e. The molecular weight excluding hydrogens is 440 g/mol. The summed E-state index contributed by atoms with van der Waals surface area (Å²) in [6.45, 7) is 4.14. The van der Waals surface area contributed by atoms with Gasteiger partial charge in [-0.3, -0.25) is 14.6 Å². The maximum Gasteiger partial charge on any atom is 0.259 e. The van der Waals surface area contributed by atoms with Crippen LogP contribution in [0.2, 0.25) is 0 Å². The highest BCUT2D eigenvalue weighted by Gasteiger charge is 2.41. The Balaban J connectivity index is 1.52. The molecule has 2 aliphatic heterocycles. The summed E-state index contributed by atoms with van der Waals surface area (Å²) < 4.78 is 10.5. The van der Waals surface area contributed by atoms with Gasteiger partial charge in [-0.15, -0.1) is 0 Å². The van der Waals surface area contributed by atoms with E-state index in [0.717, 1.165) is 11.3 Å². The lowest BCUT2D eigenvalue weighted by Gasteiger charge is -2.25. The lowest BCUT2D eigenvalue weighted by Crippen LogP contribution is -2.41. The van der Waals surface area contributed by atoms with Crippen LogP contribution in [0.4, 0.5) is 11.4 Å². The predicted molar refractivity (Wildman–Crippen MR) is 131 cm³/mol. The van der Waals surface area contributed by atoms with Gasteiger partial charge in [-0.1, -0.05) is 37.7 Å². The van der Waals surface area contributed by atoms with Gasteiger partial charge in [0.15, 0.2) is 5.17 Å².